The Balaban J connectivity index is 1.49. The number of carbonyl (C=O) groups excluding carboxylic acids is 3. The summed E-state index contributed by atoms with van der Waals surface area (Å²) < 4.78 is 11.4. The van der Waals surface area contributed by atoms with E-state index in [1.165, 1.54) is 13.2 Å². The fraction of sp³-hybridized carbons (Fsp3) is 0.0645. The molecule has 9 heteroatoms. The van der Waals surface area contributed by atoms with Gasteiger partial charge in [-0.05, 0) is 65.7 Å². The molecule has 0 radical (unpaired) electrons. The molecule has 0 saturated carbocycles. The highest BCUT2D eigenvalue weighted by molar-refractivity contribution is 6.46. The number of carbonyl (C=O) groups is 3. The summed E-state index contributed by atoms with van der Waals surface area (Å²) in [4.78, 5) is 42.6. The summed E-state index contributed by atoms with van der Waals surface area (Å²) >= 11 is 12.1. The molecule has 0 aromatic heterocycles. The number of halogens is 2. The van der Waals surface area contributed by atoms with Crippen molar-refractivity contribution in [3.63, 3.8) is 0 Å². The van der Waals surface area contributed by atoms with Gasteiger partial charge < -0.3 is 9.47 Å². The van der Waals surface area contributed by atoms with E-state index in [9.17, 15) is 14.4 Å². The Kier molecular flexibility index (Phi) is 7.86. The van der Waals surface area contributed by atoms with Crippen molar-refractivity contribution in [3.8, 4) is 11.5 Å². The number of benzene rings is 4. The van der Waals surface area contributed by atoms with Gasteiger partial charge in [-0.25, -0.2) is 14.6 Å². The first-order chi connectivity index (χ1) is 19.4. The monoisotopic (exact) mass is 572 g/mol. The van der Waals surface area contributed by atoms with Gasteiger partial charge in [0, 0.05) is 0 Å². The number of amides is 4. The Hall–Kier alpha value is -4.59. The second-order valence-corrected chi connectivity index (χ2v) is 9.55. The smallest absolute Gasteiger partial charge is 0.343 e. The SMILES string of the molecule is COc1cc(C=C2C(=O)N(c3ccccc3)C(=O)N(c3ccccc3)C2=O)ccc1OCc1ccc(Cl)c(Cl)c1. The molecule has 1 heterocycles. The third kappa shape index (κ3) is 5.43. The van der Waals surface area contributed by atoms with Crippen molar-refractivity contribution in [1.82, 2.24) is 0 Å². The molecular formula is C31H22Cl2N2O5. The van der Waals surface area contributed by atoms with E-state index in [0.717, 1.165) is 15.4 Å². The minimum atomic E-state index is -0.756. The van der Waals surface area contributed by atoms with Crippen LogP contribution in [0.3, 0.4) is 0 Å². The highest BCUT2D eigenvalue weighted by Gasteiger charge is 2.43. The summed E-state index contributed by atoms with van der Waals surface area (Å²) in [5.74, 6) is -0.621. The molecule has 200 valence electrons. The number of ether oxygens (including phenoxy) is 2. The Morgan fingerprint density at radius 2 is 1.30 bits per heavy atom. The number of anilines is 2. The molecule has 1 aliphatic heterocycles. The lowest BCUT2D eigenvalue weighted by Gasteiger charge is -2.33. The molecule has 1 saturated heterocycles. The average molecular weight is 573 g/mol. The average Bonchev–Trinajstić information content (AvgIpc) is 2.97. The number of nitrogens with zero attached hydrogens (tertiary/aromatic N) is 2. The van der Waals surface area contributed by atoms with Crippen LogP contribution in [-0.4, -0.2) is 25.0 Å². The van der Waals surface area contributed by atoms with Crippen molar-refractivity contribution in [2.24, 2.45) is 0 Å². The van der Waals surface area contributed by atoms with E-state index in [0.29, 0.717) is 38.5 Å². The van der Waals surface area contributed by atoms with Gasteiger partial charge in [-0.1, -0.05) is 71.7 Å². The molecule has 0 spiro atoms. The van der Waals surface area contributed by atoms with Crippen LogP contribution in [-0.2, 0) is 16.2 Å². The molecule has 0 unspecified atom stereocenters. The Morgan fingerprint density at radius 1 is 0.700 bits per heavy atom. The Bertz CT molecular complexity index is 1560. The van der Waals surface area contributed by atoms with Crippen LogP contribution in [0.5, 0.6) is 11.5 Å². The van der Waals surface area contributed by atoms with E-state index in [1.54, 1.807) is 97.1 Å². The molecule has 7 nitrogen and oxygen atoms in total. The first kappa shape index (κ1) is 27.0. The highest BCUT2D eigenvalue weighted by Crippen LogP contribution is 2.33. The van der Waals surface area contributed by atoms with Crippen LogP contribution in [0.4, 0.5) is 16.2 Å². The number of hydrogen-bond donors (Lipinski definition) is 0. The zero-order valence-corrected chi connectivity index (χ0v) is 22.7. The minimum Gasteiger partial charge on any atom is -0.493 e. The van der Waals surface area contributed by atoms with Crippen LogP contribution in [0, 0.1) is 0 Å². The molecule has 4 aromatic rings. The zero-order chi connectivity index (χ0) is 28.2. The highest BCUT2D eigenvalue weighted by atomic mass is 35.5. The number of imide groups is 2. The van der Waals surface area contributed by atoms with Gasteiger partial charge in [0.05, 0.1) is 28.5 Å². The lowest BCUT2D eigenvalue weighted by Crippen LogP contribution is -2.57. The van der Waals surface area contributed by atoms with E-state index in [-0.39, 0.29) is 12.2 Å². The molecular weight excluding hydrogens is 551 g/mol. The number of rotatable bonds is 7. The maximum absolute atomic E-state index is 13.6. The van der Waals surface area contributed by atoms with Gasteiger partial charge in [-0.15, -0.1) is 0 Å². The van der Waals surface area contributed by atoms with Crippen molar-refractivity contribution in [1.29, 1.82) is 0 Å². The summed E-state index contributed by atoms with van der Waals surface area (Å²) in [6.07, 6.45) is 1.44. The first-order valence-corrected chi connectivity index (χ1v) is 12.9. The van der Waals surface area contributed by atoms with Crippen LogP contribution in [0.1, 0.15) is 11.1 Å². The van der Waals surface area contributed by atoms with Crippen LogP contribution >= 0.6 is 23.2 Å². The van der Waals surface area contributed by atoms with E-state index < -0.39 is 17.8 Å². The van der Waals surface area contributed by atoms with Crippen molar-refractivity contribution >= 4 is 58.5 Å². The van der Waals surface area contributed by atoms with E-state index in [1.807, 2.05) is 0 Å². The summed E-state index contributed by atoms with van der Waals surface area (Å²) in [5, 5.41) is 0.872. The molecule has 4 aromatic carbocycles. The van der Waals surface area contributed by atoms with Crippen LogP contribution in [0.25, 0.3) is 6.08 Å². The molecule has 0 atom stereocenters. The topological polar surface area (TPSA) is 76.2 Å². The van der Waals surface area contributed by atoms with Crippen LogP contribution < -0.4 is 19.3 Å². The minimum absolute atomic E-state index is 0.182. The molecule has 5 rings (SSSR count). The second kappa shape index (κ2) is 11.7. The van der Waals surface area contributed by atoms with Gasteiger partial charge in [0.25, 0.3) is 11.8 Å². The number of methoxy groups -OCH3 is 1. The van der Waals surface area contributed by atoms with E-state index in [4.69, 9.17) is 32.7 Å². The fourth-order valence-electron chi connectivity index (χ4n) is 4.19. The maximum Gasteiger partial charge on any atom is 0.343 e. The molecule has 40 heavy (non-hydrogen) atoms. The summed E-state index contributed by atoms with van der Waals surface area (Å²) in [6, 6.07) is 26.4. The van der Waals surface area contributed by atoms with Gasteiger partial charge in [0.2, 0.25) is 0 Å². The van der Waals surface area contributed by atoms with Crippen LogP contribution in [0.2, 0.25) is 10.0 Å². The summed E-state index contributed by atoms with van der Waals surface area (Å²) in [5.41, 5.74) is 1.83. The Labute approximate surface area is 240 Å². The normalized spacial score (nSPS) is 13.5. The van der Waals surface area contributed by atoms with Crippen molar-refractivity contribution in [2.75, 3.05) is 16.9 Å². The fourth-order valence-corrected chi connectivity index (χ4v) is 4.51. The lowest BCUT2D eigenvalue weighted by molar-refractivity contribution is -0.121. The van der Waals surface area contributed by atoms with Crippen molar-refractivity contribution < 1.29 is 23.9 Å². The molecule has 4 amide bonds. The Morgan fingerprint density at radius 3 is 1.85 bits per heavy atom. The number of urea groups is 1. The number of hydrogen-bond acceptors (Lipinski definition) is 5. The van der Waals surface area contributed by atoms with Gasteiger partial charge in [-0.3, -0.25) is 9.59 Å². The third-order valence-electron chi connectivity index (χ3n) is 6.16. The summed E-state index contributed by atoms with van der Waals surface area (Å²) in [6.45, 7) is 0.213. The zero-order valence-electron chi connectivity index (χ0n) is 21.2. The second-order valence-electron chi connectivity index (χ2n) is 8.74. The van der Waals surface area contributed by atoms with E-state index >= 15 is 0 Å². The van der Waals surface area contributed by atoms with E-state index in [2.05, 4.69) is 0 Å². The van der Waals surface area contributed by atoms with Gasteiger partial charge >= 0.3 is 6.03 Å². The first-order valence-electron chi connectivity index (χ1n) is 12.2. The predicted octanol–water partition coefficient (Wildman–Crippen LogP) is 7.16. The molecule has 0 bridgehead atoms. The van der Waals surface area contributed by atoms with Crippen LogP contribution in [0.15, 0.2) is 103 Å². The molecule has 0 N–H and O–H groups in total. The van der Waals surface area contributed by atoms with Gasteiger partial charge in [-0.2, -0.15) is 0 Å². The largest absolute Gasteiger partial charge is 0.493 e. The van der Waals surface area contributed by atoms with Gasteiger partial charge in [0.1, 0.15) is 12.2 Å². The standard InChI is InChI=1S/C31H22Cl2N2O5/c1-39-28-18-20(13-15-27(28)40-19-21-12-14-25(32)26(33)17-21)16-24-29(36)34(22-8-4-2-5-9-22)31(38)35(30(24)37)23-10-6-3-7-11-23/h2-18H,19H2,1H3. The molecule has 1 fully saturated rings. The molecule has 1 aliphatic rings. The number of barbiturate groups is 1. The maximum atomic E-state index is 13.6. The lowest BCUT2D eigenvalue weighted by atomic mass is 10.0. The molecule has 0 aliphatic carbocycles. The number of para-hydroxylation sites is 2. The third-order valence-corrected chi connectivity index (χ3v) is 6.89. The predicted molar refractivity (Wildman–Crippen MR) is 155 cm³/mol. The summed E-state index contributed by atoms with van der Waals surface area (Å²) in [7, 11) is 1.49. The van der Waals surface area contributed by atoms with Gasteiger partial charge in [0.15, 0.2) is 11.5 Å². The van der Waals surface area contributed by atoms with Crippen molar-refractivity contribution in [3.05, 3.63) is 124 Å². The van der Waals surface area contributed by atoms with Crippen molar-refractivity contribution in [2.45, 2.75) is 6.61 Å². The quantitative estimate of drug-likeness (QED) is 0.173.